The van der Waals surface area contributed by atoms with Crippen molar-refractivity contribution in [2.45, 2.75) is 31.0 Å². The van der Waals surface area contributed by atoms with Gasteiger partial charge >= 0.3 is 0 Å². The first-order valence-electron chi connectivity index (χ1n) is 7.72. The molecule has 1 amide bonds. The van der Waals surface area contributed by atoms with Crippen molar-refractivity contribution in [2.24, 2.45) is 0 Å². The Morgan fingerprint density at radius 3 is 2.33 bits per heavy atom. The van der Waals surface area contributed by atoms with E-state index < -0.39 is 21.8 Å². The van der Waals surface area contributed by atoms with E-state index in [1.165, 1.54) is 0 Å². The second-order valence-corrected chi connectivity index (χ2v) is 7.70. The predicted molar refractivity (Wildman–Crippen MR) is 94.1 cm³/mol. The molecule has 5 nitrogen and oxygen atoms in total. The number of hydrogen-bond donors (Lipinski definition) is 2. The Hall–Kier alpha value is -2.18. The molecule has 2 aromatic carbocycles. The minimum Gasteiger partial charge on any atom is -0.383 e. The number of benzene rings is 2. The zero-order valence-electron chi connectivity index (χ0n) is 13.5. The van der Waals surface area contributed by atoms with E-state index in [1.807, 2.05) is 6.07 Å². The number of carbonyl (C=O) groups is 1. The first-order valence-corrected chi connectivity index (χ1v) is 9.54. The quantitative estimate of drug-likeness (QED) is 0.806. The van der Waals surface area contributed by atoms with Crippen molar-refractivity contribution in [2.75, 3.05) is 5.32 Å². The van der Waals surface area contributed by atoms with Crippen LogP contribution in [0.25, 0.3) is 0 Å². The van der Waals surface area contributed by atoms with Crippen LogP contribution < -0.4 is 5.32 Å². The van der Waals surface area contributed by atoms with Crippen LogP contribution in [0.4, 0.5) is 5.69 Å². The van der Waals surface area contributed by atoms with Crippen molar-refractivity contribution >= 4 is 21.4 Å². The van der Waals surface area contributed by atoms with Gasteiger partial charge in [-0.1, -0.05) is 49.4 Å². The van der Waals surface area contributed by atoms with E-state index in [4.69, 9.17) is 0 Å². The highest BCUT2D eigenvalue weighted by Gasteiger charge is 2.15. The van der Waals surface area contributed by atoms with Gasteiger partial charge in [-0.3, -0.25) is 4.79 Å². The van der Waals surface area contributed by atoms with Crippen LogP contribution in [0, 0.1) is 0 Å². The fourth-order valence-electron chi connectivity index (χ4n) is 2.28. The van der Waals surface area contributed by atoms with E-state index in [1.54, 1.807) is 55.5 Å². The van der Waals surface area contributed by atoms with Crippen LogP contribution >= 0.6 is 0 Å². The Morgan fingerprint density at radius 1 is 1.04 bits per heavy atom. The van der Waals surface area contributed by atoms with Crippen LogP contribution in [0.3, 0.4) is 0 Å². The number of rotatable bonds is 7. The molecular weight excluding hydrogens is 326 g/mol. The van der Waals surface area contributed by atoms with Crippen LogP contribution in [0.1, 0.15) is 24.5 Å². The minimum absolute atomic E-state index is 0.0288. The summed E-state index contributed by atoms with van der Waals surface area (Å²) < 4.78 is 24.7. The summed E-state index contributed by atoms with van der Waals surface area (Å²) in [5, 5.41) is 12.1. The molecule has 0 fully saturated rings. The summed E-state index contributed by atoms with van der Waals surface area (Å²) in [5.74, 6) is -0.636. The fraction of sp³-hybridized carbons (Fsp3) is 0.278. The first kappa shape index (κ1) is 18.2. The van der Waals surface area contributed by atoms with Crippen molar-refractivity contribution < 1.29 is 18.3 Å². The molecule has 0 aliphatic carbocycles. The summed E-state index contributed by atoms with van der Waals surface area (Å²) >= 11 is 0. The zero-order chi connectivity index (χ0) is 17.6. The molecule has 0 saturated carbocycles. The number of nitrogens with one attached hydrogen (secondary N) is 1. The second kappa shape index (κ2) is 8.08. The average molecular weight is 347 g/mol. The summed E-state index contributed by atoms with van der Waals surface area (Å²) in [6, 6.07) is 15.7. The highest BCUT2D eigenvalue weighted by Crippen LogP contribution is 2.16. The molecule has 0 spiro atoms. The van der Waals surface area contributed by atoms with Gasteiger partial charge in [0.05, 0.1) is 11.5 Å². The minimum atomic E-state index is -3.32. The smallest absolute Gasteiger partial charge is 0.253 e. The summed E-state index contributed by atoms with van der Waals surface area (Å²) in [5.41, 5.74) is 1.81. The molecule has 0 aliphatic heterocycles. The SMILES string of the molecule is CC[C@H](O)C(=O)Nc1cccc(CS(=O)(=O)Cc2ccccc2)c1. The van der Waals surface area contributed by atoms with Gasteiger partial charge in [-0.15, -0.1) is 0 Å². The van der Waals surface area contributed by atoms with Crippen molar-refractivity contribution in [1.29, 1.82) is 0 Å². The Morgan fingerprint density at radius 2 is 1.67 bits per heavy atom. The maximum Gasteiger partial charge on any atom is 0.253 e. The Labute approximate surface area is 142 Å². The number of aliphatic hydroxyl groups is 1. The van der Waals surface area contributed by atoms with Crippen molar-refractivity contribution in [3.8, 4) is 0 Å². The molecule has 0 unspecified atom stereocenters. The molecule has 0 heterocycles. The third-order valence-electron chi connectivity index (χ3n) is 3.50. The van der Waals surface area contributed by atoms with Crippen LogP contribution in [-0.2, 0) is 26.1 Å². The lowest BCUT2D eigenvalue weighted by Gasteiger charge is -2.11. The molecule has 6 heteroatoms. The van der Waals surface area contributed by atoms with Gasteiger partial charge in [-0.05, 0) is 29.7 Å². The molecule has 0 bridgehead atoms. The second-order valence-electron chi connectivity index (χ2n) is 5.63. The molecule has 2 N–H and O–H groups in total. The lowest BCUT2D eigenvalue weighted by molar-refractivity contribution is -0.124. The molecule has 24 heavy (non-hydrogen) atoms. The lowest BCUT2D eigenvalue weighted by Crippen LogP contribution is -2.26. The van der Waals surface area contributed by atoms with Crippen LogP contribution in [0.2, 0.25) is 0 Å². The maximum absolute atomic E-state index is 12.3. The normalized spacial score (nSPS) is 12.6. The first-order chi connectivity index (χ1) is 11.4. The number of hydrogen-bond acceptors (Lipinski definition) is 4. The largest absolute Gasteiger partial charge is 0.383 e. The van der Waals surface area contributed by atoms with Gasteiger partial charge in [-0.25, -0.2) is 8.42 Å². The van der Waals surface area contributed by atoms with E-state index in [0.717, 1.165) is 5.56 Å². The van der Waals surface area contributed by atoms with Gasteiger partial charge in [0.25, 0.3) is 5.91 Å². The molecule has 1 atom stereocenters. The van der Waals surface area contributed by atoms with Crippen LogP contribution in [0.15, 0.2) is 54.6 Å². The fourth-order valence-corrected chi connectivity index (χ4v) is 3.77. The molecule has 0 radical (unpaired) electrons. The summed E-state index contributed by atoms with van der Waals surface area (Å²) in [6.07, 6.45) is -0.757. The highest BCUT2D eigenvalue weighted by atomic mass is 32.2. The van der Waals surface area contributed by atoms with E-state index in [-0.39, 0.29) is 11.5 Å². The van der Waals surface area contributed by atoms with Gasteiger partial charge in [0, 0.05) is 5.69 Å². The summed E-state index contributed by atoms with van der Waals surface area (Å²) in [6.45, 7) is 1.71. The number of sulfone groups is 1. The van der Waals surface area contributed by atoms with Crippen molar-refractivity contribution in [3.63, 3.8) is 0 Å². The van der Waals surface area contributed by atoms with Crippen molar-refractivity contribution in [3.05, 3.63) is 65.7 Å². The molecule has 2 rings (SSSR count). The number of carbonyl (C=O) groups excluding carboxylic acids is 1. The predicted octanol–water partition coefficient (Wildman–Crippen LogP) is 2.51. The van der Waals surface area contributed by atoms with Crippen LogP contribution in [0.5, 0.6) is 0 Å². The van der Waals surface area contributed by atoms with E-state index in [9.17, 15) is 18.3 Å². The molecular formula is C18H21NO4S. The monoisotopic (exact) mass is 347 g/mol. The molecule has 2 aromatic rings. The molecule has 0 aromatic heterocycles. The van der Waals surface area contributed by atoms with Gasteiger partial charge in [0.2, 0.25) is 0 Å². The van der Waals surface area contributed by atoms with Crippen molar-refractivity contribution in [1.82, 2.24) is 0 Å². The van der Waals surface area contributed by atoms with E-state index in [0.29, 0.717) is 17.7 Å². The maximum atomic E-state index is 12.3. The number of aliphatic hydroxyl groups excluding tert-OH is 1. The third-order valence-corrected chi connectivity index (χ3v) is 5.05. The van der Waals surface area contributed by atoms with Gasteiger partial charge in [-0.2, -0.15) is 0 Å². The number of amides is 1. The zero-order valence-corrected chi connectivity index (χ0v) is 14.3. The Kier molecular flexibility index (Phi) is 6.11. The van der Waals surface area contributed by atoms with Gasteiger partial charge in [0.15, 0.2) is 9.84 Å². The molecule has 128 valence electrons. The van der Waals surface area contributed by atoms with E-state index in [2.05, 4.69) is 5.32 Å². The van der Waals surface area contributed by atoms with E-state index >= 15 is 0 Å². The van der Waals surface area contributed by atoms with Gasteiger partial charge < -0.3 is 10.4 Å². The Balaban J connectivity index is 2.07. The highest BCUT2D eigenvalue weighted by molar-refractivity contribution is 7.89. The Bertz CT molecular complexity index is 788. The summed E-state index contributed by atoms with van der Waals surface area (Å²) in [4.78, 5) is 11.7. The third kappa shape index (κ3) is 5.47. The standard InChI is InChI=1S/C18H21NO4S/c1-2-17(20)18(21)19-16-10-6-9-15(11-16)13-24(22,23)12-14-7-4-3-5-8-14/h3-11,17,20H,2,12-13H2,1H3,(H,19,21)/t17-/m0/s1. The average Bonchev–Trinajstić information content (AvgIpc) is 2.54. The number of anilines is 1. The van der Waals surface area contributed by atoms with Gasteiger partial charge in [0.1, 0.15) is 6.10 Å². The van der Waals surface area contributed by atoms with Crippen LogP contribution in [-0.4, -0.2) is 25.5 Å². The molecule has 0 saturated heterocycles. The topological polar surface area (TPSA) is 83.5 Å². The summed E-state index contributed by atoms with van der Waals surface area (Å²) in [7, 11) is -3.32. The molecule has 0 aliphatic rings. The lowest BCUT2D eigenvalue weighted by atomic mass is 10.2.